The van der Waals surface area contributed by atoms with E-state index in [-0.39, 0.29) is 23.5 Å². The van der Waals surface area contributed by atoms with Crippen LogP contribution in [0.3, 0.4) is 0 Å². The van der Waals surface area contributed by atoms with E-state index in [1.807, 2.05) is 0 Å². The van der Waals surface area contributed by atoms with Crippen LogP contribution in [0.5, 0.6) is 11.5 Å². The summed E-state index contributed by atoms with van der Waals surface area (Å²) in [4.78, 5) is 49.1. The van der Waals surface area contributed by atoms with Crippen molar-refractivity contribution in [3.8, 4) is 11.5 Å². The molecule has 0 atom stereocenters. The Morgan fingerprint density at radius 1 is 0.677 bits per heavy atom. The summed E-state index contributed by atoms with van der Waals surface area (Å²) in [6.07, 6.45) is 0. The maximum Gasteiger partial charge on any atom is 0.338 e. The van der Waals surface area contributed by atoms with Crippen LogP contribution >= 0.6 is 0 Å². The van der Waals surface area contributed by atoms with Crippen molar-refractivity contribution in [1.82, 2.24) is 0 Å². The maximum absolute atomic E-state index is 12.3. The smallest absolute Gasteiger partial charge is 0.338 e. The third-order valence-electron chi connectivity index (χ3n) is 4.65. The number of ether oxygens (including phenoxy) is 3. The van der Waals surface area contributed by atoms with Gasteiger partial charge in [0.15, 0.2) is 23.9 Å². The third-order valence-corrected chi connectivity index (χ3v) is 4.65. The summed E-state index contributed by atoms with van der Waals surface area (Å²) in [7, 11) is 0. The van der Waals surface area contributed by atoms with Crippen molar-refractivity contribution < 1.29 is 33.4 Å². The zero-order valence-electron chi connectivity index (χ0n) is 16.2. The summed E-state index contributed by atoms with van der Waals surface area (Å²) in [6, 6.07) is 18.4. The second-order valence-corrected chi connectivity index (χ2v) is 6.67. The molecule has 7 nitrogen and oxygen atoms in total. The number of ketones is 3. The average Bonchev–Trinajstić information content (AvgIpc) is 3.30. The molecular formula is C24H16O7. The van der Waals surface area contributed by atoms with Gasteiger partial charge in [-0.05, 0) is 30.3 Å². The first-order valence-electron chi connectivity index (χ1n) is 9.37. The van der Waals surface area contributed by atoms with Crippen LogP contribution in [-0.2, 0) is 4.74 Å². The minimum Gasteiger partial charge on any atom is -0.454 e. The molecule has 154 valence electrons. The van der Waals surface area contributed by atoms with Crippen molar-refractivity contribution in [2.75, 3.05) is 13.4 Å². The summed E-state index contributed by atoms with van der Waals surface area (Å²) in [5.74, 6) is -1.42. The number of carbonyl (C=O) groups is 4. The molecular weight excluding hydrogens is 400 g/mol. The van der Waals surface area contributed by atoms with Crippen LogP contribution < -0.4 is 9.47 Å². The normalized spacial score (nSPS) is 11.6. The zero-order chi connectivity index (χ0) is 21.8. The van der Waals surface area contributed by atoms with E-state index in [4.69, 9.17) is 14.2 Å². The second-order valence-electron chi connectivity index (χ2n) is 6.67. The molecule has 1 aliphatic heterocycles. The van der Waals surface area contributed by atoms with Crippen LogP contribution in [0, 0.1) is 0 Å². The van der Waals surface area contributed by atoms with E-state index in [2.05, 4.69) is 0 Å². The number of rotatable bonds is 7. The van der Waals surface area contributed by atoms with Crippen molar-refractivity contribution in [3.63, 3.8) is 0 Å². The van der Waals surface area contributed by atoms with Gasteiger partial charge in [0, 0.05) is 16.7 Å². The minimum absolute atomic E-state index is 0.0946. The van der Waals surface area contributed by atoms with Gasteiger partial charge >= 0.3 is 5.97 Å². The van der Waals surface area contributed by atoms with Gasteiger partial charge < -0.3 is 14.2 Å². The summed E-state index contributed by atoms with van der Waals surface area (Å²) in [5, 5.41) is 0. The van der Waals surface area contributed by atoms with Gasteiger partial charge in [-0.25, -0.2) is 4.79 Å². The number of benzene rings is 3. The quantitative estimate of drug-likeness (QED) is 0.330. The van der Waals surface area contributed by atoms with Crippen molar-refractivity contribution in [3.05, 3.63) is 95.1 Å². The molecule has 0 aromatic heterocycles. The predicted molar refractivity (Wildman–Crippen MR) is 109 cm³/mol. The van der Waals surface area contributed by atoms with Crippen LogP contribution in [0.2, 0.25) is 0 Å². The van der Waals surface area contributed by atoms with Crippen molar-refractivity contribution in [2.45, 2.75) is 0 Å². The van der Waals surface area contributed by atoms with Gasteiger partial charge in [-0.3, -0.25) is 14.4 Å². The van der Waals surface area contributed by atoms with Crippen LogP contribution in [0.25, 0.3) is 0 Å². The molecule has 0 fully saturated rings. The molecule has 7 heteroatoms. The van der Waals surface area contributed by atoms with Gasteiger partial charge in [-0.1, -0.05) is 42.5 Å². The third kappa shape index (κ3) is 4.35. The fraction of sp³-hybridized carbons (Fsp3) is 0.0833. The molecule has 0 radical (unpaired) electrons. The monoisotopic (exact) mass is 416 g/mol. The molecule has 0 N–H and O–H groups in total. The SMILES string of the molecule is O=C(COC(=O)c1ccc(C(=O)C(=O)c2ccccc2)cc1)c1ccc2c(c1)OCO2. The van der Waals surface area contributed by atoms with Gasteiger partial charge in [-0.2, -0.15) is 0 Å². The first-order chi connectivity index (χ1) is 15.0. The van der Waals surface area contributed by atoms with E-state index in [0.717, 1.165) is 0 Å². The average molecular weight is 416 g/mol. The fourth-order valence-corrected chi connectivity index (χ4v) is 2.98. The van der Waals surface area contributed by atoms with E-state index in [9.17, 15) is 19.2 Å². The highest BCUT2D eigenvalue weighted by Gasteiger charge is 2.20. The number of esters is 1. The summed E-state index contributed by atoms with van der Waals surface area (Å²) < 4.78 is 15.5. The lowest BCUT2D eigenvalue weighted by Crippen LogP contribution is -2.16. The van der Waals surface area contributed by atoms with E-state index >= 15 is 0 Å². The minimum atomic E-state index is -0.720. The molecule has 3 aromatic rings. The Balaban J connectivity index is 1.36. The molecule has 1 aliphatic rings. The van der Waals surface area contributed by atoms with Crippen LogP contribution in [0.15, 0.2) is 72.8 Å². The number of fused-ring (bicyclic) bond motifs is 1. The van der Waals surface area contributed by atoms with Gasteiger partial charge in [0.05, 0.1) is 5.56 Å². The van der Waals surface area contributed by atoms with E-state index < -0.39 is 29.9 Å². The lowest BCUT2D eigenvalue weighted by molar-refractivity contribution is 0.0474. The van der Waals surface area contributed by atoms with Gasteiger partial charge in [0.2, 0.25) is 18.4 Å². The highest BCUT2D eigenvalue weighted by molar-refractivity contribution is 6.49. The van der Waals surface area contributed by atoms with Crippen molar-refractivity contribution in [1.29, 1.82) is 0 Å². The zero-order valence-corrected chi connectivity index (χ0v) is 16.2. The van der Waals surface area contributed by atoms with Crippen LogP contribution in [-0.4, -0.2) is 36.7 Å². The van der Waals surface area contributed by atoms with E-state index in [1.165, 1.54) is 30.3 Å². The Kier molecular flexibility index (Phi) is 5.57. The number of Topliss-reactive ketones (excluding diaryl/α,β-unsaturated/α-hetero) is 3. The Morgan fingerprint density at radius 2 is 1.26 bits per heavy atom. The lowest BCUT2D eigenvalue weighted by atomic mass is 10.0. The van der Waals surface area contributed by atoms with Crippen molar-refractivity contribution in [2.24, 2.45) is 0 Å². The topological polar surface area (TPSA) is 96.0 Å². The highest BCUT2D eigenvalue weighted by atomic mass is 16.7. The molecule has 0 saturated heterocycles. The Bertz CT molecular complexity index is 1160. The summed E-state index contributed by atoms with van der Waals surface area (Å²) in [5.41, 5.74) is 0.930. The summed E-state index contributed by atoms with van der Waals surface area (Å²) in [6.45, 7) is -0.358. The maximum atomic E-state index is 12.3. The number of carbonyl (C=O) groups excluding carboxylic acids is 4. The van der Waals surface area contributed by atoms with Gasteiger partial charge in [0.25, 0.3) is 0 Å². The van der Waals surface area contributed by atoms with E-state index in [0.29, 0.717) is 17.1 Å². The fourth-order valence-electron chi connectivity index (χ4n) is 2.98. The van der Waals surface area contributed by atoms with Gasteiger partial charge in [-0.15, -0.1) is 0 Å². The van der Waals surface area contributed by atoms with Crippen LogP contribution in [0.4, 0.5) is 0 Å². The highest BCUT2D eigenvalue weighted by Crippen LogP contribution is 2.32. The Morgan fingerprint density at radius 3 is 1.97 bits per heavy atom. The molecule has 0 aliphatic carbocycles. The largest absolute Gasteiger partial charge is 0.454 e. The molecule has 0 amide bonds. The lowest BCUT2D eigenvalue weighted by Gasteiger charge is -2.06. The molecule has 0 bridgehead atoms. The number of hydrogen-bond donors (Lipinski definition) is 0. The second kappa shape index (κ2) is 8.62. The molecule has 31 heavy (non-hydrogen) atoms. The first kappa shape index (κ1) is 20.0. The van der Waals surface area contributed by atoms with E-state index in [1.54, 1.807) is 42.5 Å². The Labute approximate surface area is 177 Å². The standard InChI is InChI=1S/C24H16O7/c25-19(18-10-11-20-21(12-18)31-14-30-20)13-29-24(28)17-8-6-16(7-9-17)23(27)22(26)15-4-2-1-3-5-15/h1-12H,13-14H2. The molecule has 4 rings (SSSR count). The molecule has 1 heterocycles. The Hall–Kier alpha value is -4.26. The van der Waals surface area contributed by atoms with Gasteiger partial charge in [0.1, 0.15) is 0 Å². The molecule has 0 unspecified atom stereocenters. The molecule has 3 aromatic carbocycles. The predicted octanol–water partition coefficient (Wildman–Crippen LogP) is 3.52. The number of hydrogen-bond acceptors (Lipinski definition) is 7. The van der Waals surface area contributed by atoms with Crippen LogP contribution in [0.1, 0.15) is 41.4 Å². The molecule has 0 spiro atoms. The first-order valence-corrected chi connectivity index (χ1v) is 9.37. The van der Waals surface area contributed by atoms with Crippen molar-refractivity contribution >= 4 is 23.3 Å². The molecule has 0 saturated carbocycles. The summed E-state index contributed by atoms with van der Waals surface area (Å²) >= 11 is 0.